The molecule has 0 N–H and O–H groups in total. The smallest absolute Gasteiger partial charge is 0.347 e. The number of esters is 1. The summed E-state index contributed by atoms with van der Waals surface area (Å²) in [5.74, 6) is -0.691. The molecule has 1 fully saturated rings. The molecule has 2 aromatic carbocycles. The summed E-state index contributed by atoms with van der Waals surface area (Å²) < 4.78 is 34.4. The Morgan fingerprint density at radius 2 is 1.69 bits per heavy atom. The zero-order chi connectivity index (χ0) is 20.9. The number of benzene rings is 2. The van der Waals surface area contributed by atoms with Crippen LogP contribution in [-0.2, 0) is 24.2 Å². The highest BCUT2D eigenvalue weighted by Crippen LogP contribution is 2.24. The third kappa shape index (κ3) is 5.57. The third-order valence-electron chi connectivity index (χ3n) is 4.60. The SMILES string of the molecule is C[C@@H](Oc1ccccc1)C(=O)OCC(=O)N(c1ccccc1)[C@@H]1CCS(=O)(=O)C1. The molecule has 0 unspecified atom stereocenters. The van der Waals surface area contributed by atoms with Gasteiger partial charge in [-0.25, -0.2) is 13.2 Å². The zero-order valence-corrected chi connectivity index (χ0v) is 16.9. The average molecular weight is 417 g/mol. The number of hydrogen-bond acceptors (Lipinski definition) is 6. The first-order valence-corrected chi connectivity index (χ1v) is 11.1. The molecule has 0 saturated carbocycles. The van der Waals surface area contributed by atoms with E-state index in [0.29, 0.717) is 17.9 Å². The number of ether oxygens (including phenoxy) is 2. The molecule has 2 aromatic rings. The van der Waals surface area contributed by atoms with Gasteiger partial charge in [-0.15, -0.1) is 0 Å². The Hall–Kier alpha value is -2.87. The van der Waals surface area contributed by atoms with Gasteiger partial charge >= 0.3 is 5.97 Å². The number of hydrogen-bond donors (Lipinski definition) is 0. The molecule has 2 atom stereocenters. The molecule has 154 valence electrons. The molecule has 1 heterocycles. The molecule has 1 aliphatic rings. The molecule has 29 heavy (non-hydrogen) atoms. The highest BCUT2D eigenvalue weighted by molar-refractivity contribution is 7.91. The minimum Gasteiger partial charge on any atom is -0.479 e. The van der Waals surface area contributed by atoms with Crippen LogP contribution in [0.25, 0.3) is 0 Å². The zero-order valence-electron chi connectivity index (χ0n) is 16.1. The van der Waals surface area contributed by atoms with E-state index in [1.165, 1.54) is 11.8 Å². The molecule has 8 heteroatoms. The lowest BCUT2D eigenvalue weighted by Crippen LogP contribution is -2.44. The molecule has 0 bridgehead atoms. The van der Waals surface area contributed by atoms with Crippen LogP contribution in [0.5, 0.6) is 5.75 Å². The Balaban J connectivity index is 1.64. The Labute approximate surface area is 170 Å². The fourth-order valence-electron chi connectivity index (χ4n) is 3.20. The number of nitrogens with zero attached hydrogens (tertiary/aromatic N) is 1. The van der Waals surface area contributed by atoms with E-state index in [2.05, 4.69) is 0 Å². The molecule has 1 saturated heterocycles. The number of anilines is 1. The van der Waals surface area contributed by atoms with Crippen molar-refractivity contribution in [1.82, 2.24) is 0 Å². The van der Waals surface area contributed by atoms with Gasteiger partial charge in [0, 0.05) is 5.69 Å². The van der Waals surface area contributed by atoms with Gasteiger partial charge in [0.25, 0.3) is 5.91 Å². The van der Waals surface area contributed by atoms with Crippen LogP contribution in [0.3, 0.4) is 0 Å². The van der Waals surface area contributed by atoms with Crippen molar-refractivity contribution in [3.05, 3.63) is 60.7 Å². The van der Waals surface area contributed by atoms with E-state index in [1.807, 2.05) is 6.07 Å². The second-order valence-corrected chi connectivity index (χ2v) is 9.07. The summed E-state index contributed by atoms with van der Waals surface area (Å²) in [4.78, 5) is 26.5. The minimum atomic E-state index is -3.18. The standard InChI is InChI=1S/C21H23NO6S/c1-16(28-19-10-6-3-7-11-19)21(24)27-14-20(23)22(17-8-4-2-5-9-17)18-12-13-29(25,26)15-18/h2-11,16,18H,12-15H2,1H3/t16-,18-/m1/s1. The summed E-state index contributed by atoms with van der Waals surface area (Å²) in [5, 5.41) is 0. The van der Waals surface area contributed by atoms with E-state index in [0.717, 1.165) is 0 Å². The summed E-state index contributed by atoms with van der Waals surface area (Å²) >= 11 is 0. The molecule has 7 nitrogen and oxygen atoms in total. The third-order valence-corrected chi connectivity index (χ3v) is 6.35. The topological polar surface area (TPSA) is 90.0 Å². The van der Waals surface area contributed by atoms with Gasteiger partial charge in [0.15, 0.2) is 22.5 Å². The van der Waals surface area contributed by atoms with Crippen LogP contribution < -0.4 is 9.64 Å². The predicted molar refractivity (Wildman–Crippen MR) is 108 cm³/mol. The lowest BCUT2D eigenvalue weighted by molar-refractivity contribution is -0.154. The number of carbonyl (C=O) groups is 2. The normalized spacial score (nSPS) is 18.6. The number of sulfone groups is 1. The second-order valence-electron chi connectivity index (χ2n) is 6.84. The molecule has 0 spiro atoms. The van der Waals surface area contributed by atoms with Crippen molar-refractivity contribution < 1.29 is 27.5 Å². The molecular formula is C21H23NO6S. The van der Waals surface area contributed by atoms with Crippen LogP contribution in [0.2, 0.25) is 0 Å². The van der Waals surface area contributed by atoms with Gasteiger partial charge < -0.3 is 14.4 Å². The fourth-order valence-corrected chi connectivity index (χ4v) is 4.90. The predicted octanol–water partition coefficient (Wildman–Crippen LogP) is 2.22. The minimum absolute atomic E-state index is 0.0377. The van der Waals surface area contributed by atoms with Crippen LogP contribution in [0, 0.1) is 0 Å². The summed E-state index contributed by atoms with van der Waals surface area (Å²) in [7, 11) is -3.18. The van der Waals surface area contributed by atoms with E-state index < -0.39 is 40.5 Å². The van der Waals surface area contributed by atoms with E-state index in [1.54, 1.807) is 54.6 Å². The fraction of sp³-hybridized carbons (Fsp3) is 0.333. The van der Waals surface area contributed by atoms with E-state index in [9.17, 15) is 18.0 Å². The van der Waals surface area contributed by atoms with Crippen LogP contribution in [0.1, 0.15) is 13.3 Å². The van der Waals surface area contributed by atoms with Gasteiger partial charge in [-0.1, -0.05) is 36.4 Å². The van der Waals surface area contributed by atoms with Crippen LogP contribution in [0.4, 0.5) is 5.69 Å². The van der Waals surface area contributed by atoms with Gasteiger partial charge in [-0.3, -0.25) is 4.79 Å². The van der Waals surface area contributed by atoms with Crippen LogP contribution in [-0.4, -0.2) is 50.6 Å². The van der Waals surface area contributed by atoms with Crippen LogP contribution >= 0.6 is 0 Å². The first-order chi connectivity index (χ1) is 13.9. The van der Waals surface area contributed by atoms with E-state index >= 15 is 0 Å². The molecule has 1 aliphatic heterocycles. The Bertz CT molecular complexity index is 946. The quantitative estimate of drug-likeness (QED) is 0.642. The van der Waals surface area contributed by atoms with Crippen molar-refractivity contribution >= 4 is 27.4 Å². The van der Waals surface area contributed by atoms with Gasteiger partial charge in [0.05, 0.1) is 17.5 Å². The highest BCUT2D eigenvalue weighted by Gasteiger charge is 2.36. The molecular weight excluding hydrogens is 394 g/mol. The van der Waals surface area contributed by atoms with Crippen molar-refractivity contribution in [1.29, 1.82) is 0 Å². The Morgan fingerprint density at radius 1 is 1.07 bits per heavy atom. The molecule has 0 aliphatic carbocycles. The molecule has 0 radical (unpaired) electrons. The number of amides is 1. The number of carbonyl (C=O) groups excluding carboxylic acids is 2. The van der Waals surface area contributed by atoms with Crippen molar-refractivity contribution in [2.45, 2.75) is 25.5 Å². The summed E-state index contributed by atoms with van der Waals surface area (Å²) in [6.07, 6.45) is -0.535. The second kappa shape index (κ2) is 9.09. The number of para-hydroxylation sites is 2. The van der Waals surface area contributed by atoms with Gasteiger partial charge in [-0.2, -0.15) is 0 Å². The first kappa shape index (κ1) is 20.9. The van der Waals surface area contributed by atoms with E-state index in [-0.39, 0.29) is 11.5 Å². The number of rotatable bonds is 7. The summed E-state index contributed by atoms with van der Waals surface area (Å²) in [6, 6.07) is 17.1. The van der Waals surface area contributed by atoms with Gasteiger partial charge in [0.2, 0.25) is 0 Å². The maximum absolute atomic E-state index is 12.8. The molecule has 3 rings (SSSR count). The van der Waals surface area contributed by atoms with Crippen molar-refractivity contribution in [3.8, 4) is 5.75 Å². The van der Waals surface area contributed by atoms with Crippen molar-refractivity contribution in [2.24, 2.45) is 0 Å². The molecule has 1 amide bonds. The average Bonchev–Trinajstić information content (AvgIpc) is 3.07. The van der Waals surface area contributed by atoms with Crippen molar-refractivity contribution in [2.75, 3.05) is 23.0 Å². The lowest BCUT2D eigenvalue weighted by atomic mass is 10.2. The van der Waals surface area contributed by atoms with Gasteiger partial charge in [0.1, 0.15) is 5.75 Å². The molecule has 0 aromatic heterocycles. The summed E-state index contributed by atoms with van der Waals surface area (Å²) in [6.45, 7) is 1.05. The Kier molecular flexibility index (Phi) is 6.53. The van der Waals surface area contributed by atoms with Crippen molar-refractivity contribution in [3.63, 3.8) is 0 Å². The monoisotopic (exact) mass is 417 g/mol. The highest BCUT2D eigenvalue weighted by atomic mass is 32.2. The lowest BCUT2D eigenvalue weighted by Gasteiger charge is -2.28. The Morgan fingerprint density at radius 3 is 2.28 bits per heavy atom. The van der Waals surface area contributed by atoms with Crippen LogP contribution in [0.15, 0.2) is 60.7 Å². The maximum atomic E-state index is 12.8. The first-order valence-electron chi connectivity index (χ1n) is 9.31. The van der Waals surface area contributed by atoms with Gasteiger partial charge in [-0.05, 0) is 37.6 Å². The maximum Gasteiger partial charge on any atom is 0.347 e. The largest absolute Gasteiger partial charge is 0.479 e. The summed E-state index contributed by atoms with van der Waals surface area (Å²) in [5.41, 5.74) is 0.573. The van der Waals surface area contributed by atoms with E-state index in [4.69, 9.17) is 9.47 Å².